The lowest BCUT2D eigenvalue weighted by atomic mass is 9.83. The van der Waals surface area contributed by atoms with Crippen LogP contribution in [0.4, 0.5) is 0 Å². The molecule has 0 N–H and O–H groups in total. The van der Waals surface area contributed by atoms with Crippen LogP contribution in [-0.2, 0) is 68.2 Å². The van der Waals surface area contributed by atoms with E-state index >= 15 is 0 Å². The Bertz CT molecular complexity index is 2530. The second kappa shape index (κ2) is 23.4. The fraction of sp³-hybridized carbons (Fsp3) is 0.448. The van der Waals surface area contributed by atoms with Crippen LogP contribution in [0, 0.1) is 0 Å². The van der Waals surface area contributed by atoms with Gasteiger partial charge in [-0.15, -0.1) is 0 Å². The van der Waals surface area contributed by atoms with Crippen molar-refractivity contribution in [3.8, 4) is 0 Å². The van der Waals surface area contributed by atoms with Crippen molar-refractivity contribution in [1.29, 1.82) is 0 Å². The van der Waals surface area contributed by atoms with Gasteiger partial charge in [0.2, 0.25) is 11.6 Å². The van der Waals surface area contributed by atoms with Crippen LogP contribution in [0.15, 0.2) is 152 Å². The Morgan fingerprint density at radius 3 is 1.58 bits per heavy atom. The molecule has 16 heteroatoms. The van der Waals surface area contributed by atoms with Crippen molar-refractivity contribution in [2.24, 2.45) is 0 Å². The number of carbonyl (C=O) groups excluding carboxylic acids is 2. The van der Waals surface area contributed by atoms with Gasteiger partial charge in [-0.1, -0.05) is 148 Å². The number of esters is 2. The third-order valence-electron chi connectivity index (χ3n) is 14.6. The summed E-state index contributed by atoms with van der Waals surface area (Å²) in [5, 5.41) is 1.66. The number of hydrogen-bond donors (Lipinski definition) is 0. The molecule has 9 rings (SSSR count). The number of rotatable bonds is 18. The number of ether oxygens (including phenoxy) is 11. The maximum atomic E-state index is 14.3. The van der Waals surface area contributed by atoms with Crippen molar-refractivity contribution >= 4 is 30.6 Å². The number of fused-ring (bicyclic) bond motifs is 2. The van der Waals surface area contributed by atoms with E-state index < -0.39 is 98.3 Å². The molecule has 0 radical (unpaired) electrons. The molecule has 1 saturated carbocycles. The maximum Gasteiger partial charge on any atom is 0.338 e. The maximum absolute atomic E-state index is 14.3. The zero-order valence-corrected chi connectivity index (χ0v) is 44.1. The van der Waals surface area contributed by atoms with E-state index in [4.69, 9.17) is 61.6 Å². The number of benzene rings is 5. The summed E-state index contributed by atoms with van der Waals surface area (Å²) in [5.74, 6) is -4.06. The second-order valence-electron chi connectivity index (χ2n) is 20.1. The van der Waals surface area contributed by atoms with Gasteiger partial charge in [0.1, 0.15) is 37.1 Å². The lowest BCUT2D eigenvalue weighted by Crippen LogP contribution is -2.76. The molecule has 0 aromatic heterocycles. The van der Waals surface area contributed by atoms with Gasteiger partial charge in [-0.25, -0.2) is 14.5 Å². The Morgan fingerprint density at radius 2 is 1.08 bits per heavy atom. The highest BCUT2D eigenvalue weighted by molar-refractivity contribution is 6.99. The highest BCUT2D eigenvalue weighted by Gasteiger charge is 2.68. The van der Waals surface area contributed by atoms with Crippen LogP contribution in [0.2, 0.25) is 5.04 Å². The molecule has 0 unspecified atom stereocenters. The highest BCUT2D eigenvalue weighted by Crippen LogP contribution is 2.52. The topological polar surface area (TPSA) is 154 Å². The molecule has 5 aromatic carbocycles. The largest absolute Gasteiger partial charge is 0.453 e. The minimum absolute atomic E-state index is 0.0612. The summed E-state index contributed by atoms with van der Waals surface area (Å²) in [6, 6.07) is 47.0. The summed E-state index contributed by atoms with van der Waals surface area (Å²) < 4.78 is 80.3. The Kier molecular flexibility index (Phi) is 16.9. The van der Waals surface area contributed by atoms with E-state index in [1.807, 2.05) is 72.8 Å². The summed E-state index contributed by atoms with van der Waals surface area (Å²) in [4.78, 5) is 34.7. The molecule has 0 spiro atoms. The summed E-state index contributed by atoms with van der Waals surface area (Å²) >= 11 is 0. The first-order chi connectivity index (χ1) is 35.9. The van der Waals surface area contributed by atoms with E-state index in [-0.39, 0.29) is 18.8 Å². The first-order valence-corrected chi connectivity index (χ1v) is 27.3. The third-order valence-corrected chi connectivity index (χ3v) is 19.4. The molecule has 15 nitrogen and oxygen atoms in total. The van der Waals surface area contributed by atoms with Crippen LogP contribution in [0.1, 0.15) is 79.7 Å². The summed E-state index contributed by atoms with van der Waals surface area (Å²) in [7, 11) is 1.46. The standard InChI is InChI=1S/C58H68O15Si/c1-39-46(68-52(59)41-27-15-9-16-28-41)48(64-37-40-25-13-8-14-26-40)50(69-53(60)42-29-17-10-18-30-42)55(66-39)70-51-49-47(71-57(62-6)35-23-24-36-58(57,63-7)72-49)45(67-54(51)61-5)38-65-73-74(56(2,3)4,43-31-19-11-20-32-43)44-33-21-12-22-34-44/h8-22,25-34,39,45-51,54-55H,23-24,35-38H2,1-7H3/t39-,45+,46-,47+,48+,49-,50+,51-,54-,55-,57-,58-/m0/s1. The normalized spacial score (nSPS) is 30.1. The lowest BCUT2D eigenvalue weighted by Gasteiger charge is -2.60. The number of hydrogen-bond acceptors (Lipinski definition) is 15. The molecule has 394 valence electrons. The van der Waals surface area contributed by atoms with Crippen LogP contribution in [0.5, 0.6) is 0 Å². The molecule has 1 aliphatic carbocycles. The van der Waals surface area contributed by atoms with E-state index in [0.29, 0.717) is 18.4 Å². The Labute approximate surface area is 434 Å². The summed E-state index contributed by atoms with van der Waals surface area (Å²) in [6.45, 7) is 8.17. The highest BCUT2D eigenvalue weighted by atomic mass is 28.4. The monoisotopic (exact) mass is 1030 g/mol. The zero-order chi connectivity index (χ0) is 51.9. The molecular weight excluding hydrogens is 965 g/mol. The molecule has 3 saturated heterocycles. The molecule has 74 heavy (non-hydrogen) atoms. The first kappa shape index (κ1) is 53.6. The molecule has 3 aliphatic heterocycles. The molecule has 0 bridgehead atoms. The lowest BCUT2D eigenvalue weighted by molar-refractivity contribution is -0.503. The van der Waals surface area contributed by atoms with Crippen molar-refractivity contribution in [3.05, 3.63) is 168 Å². The molecular formula is C58H68O15Si. The molecule has 3 heterocycles. The van der Waals surface area contributed by atoms with E-state index in [1.165, 1.54) is 7.11 Å². The van der Waals surface area contributed by atoms with Gasteiger partial charge < -0.3 is 52.1 Å². The van der Waals surface area contributed by atoms with E-state index in [1.54, 1.807) is 75.7 Å². The zero-order valence-electron chi connectivity index (χ0n) is 43.1. The van der Waals surface area contributed by atoms with Gasteiger partial charge in [0.05, 0.1) is 23.8 Å². The van der Waals surface area contributed by atoms with Gasteiger partial charge in [0.15, 0.2) is 24.8 Å². The fourth-order valence-electron chi connectivity index (χ4n) is 10.9. The van der Waals surface area contributed by atoms with E-state index in [0.717, 1.165) is 28.8 Å². The van der Waals surface area contributed by atoms with Crippen molar-refractivity contribution in [1.82, 2.24) is 0 Å². The second-order valence-corrected chi connectivity index (χ2v) is 24.3. The summed E-state index contributed by atoms with van der Waals surface area (Å²) in [5.41, 5.74) is 1.41. The minimum atomic E-state index is -3.19. The van der Waals surface area contributed by atoms with Crippen LogP contribution in [0.3, 0.4) is 0 Å². The quantitative estimate of drug-likeness (QED) is 0.0359. The van der Waals surface area contributed by atoms with Gasteiger partial charge in [0, 0.05) is 34.2 Å². The molecule has 0 amide bonds. The van der Waals surface area contributed by atoms with Crippen LogP contribution < -0.4 is 10.4 Å². The van der Waals surface area contributed by atoms with Crippen molar-refractivity contribution < 1.29 is 71.2 Å². The van der Waals surface area contributed by atoms with Gasteiger partial charge in [0.25, 0.3) is 0 Å². The minimum Gasteiger partial charge on any atom is -0.453 e. The SMILES string of the molecule is CO[C@H]1O[C@H](COO[Si](c2ccccc2)(c2ccccc2)C(C)(C)C)[C@H]2O[C@@]3(OC)CCCC[C@]3(OC)O[C@@H]2[C@@H]1O[C@@H]1O[C@@H](C)[C@H](OC(=O)c2ccccc2)[C@@H](OCc2ccccc2)[C@H]1OC(=O)c1ccccc1. The van der Waals surface area contributed by atoms with Gasteiger partial charge in [-0.05, 0) is 65.0 Å². The van der Waals surface area contributed by atoms with Crippen molar-refractivity contribution in [3.63, 3.8) is 0 Å². The predicted molar refractivity (Wildman–Crippen MR) is 274 cm³/mol. The Hall–Kier alpha value is -5.18. The molecule has 4 aliphatic rings. The number of methoxy groups -OCH3 is 3. The third kappa shape index (κ3) is 10.8. The fourth-order valence-corrected chi connectivity index (χ4v) is 14.9. The predicted octanol–water partition coefficient (Wildman–Crippen LogP) is 8.08. The molecule has 12 atom stereocenters. The van der Waals surface area contributed by atoms with Gasteiger partial charge in [-0.2, -0.15) is 0 Å². The van der Waals surface area contributed by atoms with Gasteiger partial charge in [-0.3, -0.25) is 4.58 Å². The Balaban J connectivity index is 1.08. The first-order valence-electron chi connectivity index (χ1n) is 25.4. The molecule has 5 aromatic rings. The van der Waals surface area contributed by atoms with Crippen LogP contribution in [-0.4, -0.2) is 121 Å². The Morgan fingerprint density at radius 1 is 0.595 bits per heavy atom. The van der Waals surface area contributed by atoms with E-state index in [2.05, 4.69) is 45.0 Å². The molecule has 4 fully saturated rings. The van der Waals surface area contributed by atoms with Crippen LogP contribution >= 0.6 is 0 Å². The van der Waals surface area contributed by atoms with E-state index in [9.17, 15) is 9.59 Å². The summed E-state index contributed by atoms with van der Waals surface area (Å²) in [6.07, 6.45) is -8.63. The van der Waals surface area contributed by atoms with Crippen molar-refractivity contribution in [2.75, 3.05) is 27.9 Å². The average molecular weight is 1030 g/mol. The van der Waals surface area contributed by atoms with Crippen LogP contribution in [0.25, 0.3) is 0 Å². The van der Waals surface area contributed by atoms with Crippen molar-refractivity contribution in [2.45, 2.75) is 138 Å². The smallest absolute Gasteiger partial charge is 0.338 e. The number of carbonyl (C=O) groups is 2. The average Bonchev–Trinajstić information content (AvgIpc) is 3.43. The van der Waals surface area contributed by atoms with Gasteiger partial charge >= 0.3 is 20.3 Å².